The lowest BCUT2D eigenvalue weighted by molar-refractivity contribution is -0.163. The zero-order valence-electron chi connectivity index (χ0n) is 41.8. The maximum Gasteiger partial charge on any atom is 0.306 e. The number of rotatable bonds is 47. The van der Waals surface area contributed by atoms with Crippen LogP contribution in [0, 0.1) is 0 Å². The van der Waals surface area contributed by atoms with Crippen LogP contribution in [0.5, 0.6) is 0 Å². The molecule has 1 atom stereocenters. The molecule has 0 aliphatic carbocycles. The summed E-state index contributed by atoms with van der Waals surface area (Å²) in [6.45, 7) is 7.48. The van der Waals surface area contributed by atoms with Crippen molar-refractivity contribution in [3.63, 3.8) is 0 Å². The van der Waals surface area contributed by atoms with Crippen LogP contribution in [-0.4, -0.2) is 37.9 Å². The van der Waals surface area contributed by atoms with Gasteiger partial charge in [0.05, 0.1) is 6.61 Å². The highest BCUT2D eigenvalue weighted by Gasteiger charge is 2.17. The summed E-state index contributed by atoms with van der Waals surface area (Å²) in [6, 6.07) is 0. The minimum atomic E-state index is -0.580. The van der Waals surface area contributed by atoms with Crippen molar-refractivity contribution in [1.82, 2.24) is 0 Å². The van der Waals surface area contributed by atoms with E-state index in [9.17, 15) is 9.59 Å². The molecule has 0 saturated heterocycles. The summed E-state index contributed by atoms with van der Waals surface area (Å²) < 4.78 is 17.3. The Morgan fingerprint density at radius 1 is 0.359 bits per heavy atom. The Kier molecular flexibility index (Phi) is 51.0. The lowest BCUT2D eigenvalue weighted by Crippen LogP contribution is -2.30. The van der Waals surface area contributed by atoms with Crippen LogP contribution in [-0.2, 0) is 23.8 Å². The van der Waals surface area contributed by atoms with E-state index in [-0.39, 0.29) is 25.2 Å². The van der Waals surface area contributed by atoms with Crippen molar-refractivity contribution in [3.8, 4) is 0 Å². The molecule has 64 heavy (non-hydrogen) atoms. The third kappa shape index (κ3) is 51.2. The van der Waals surface area contributed by atoms with E-state index in [1.54, 1.807) is 0 Å². The fourth-order valence-electron chi connectivity index (χ4n) is 6.91. The molecule has 0 aromatic rings. The van der Waals surface area contributed by atoms with Gasteiger partial charge in [-0.05, 0) is 116 Å². The monoisotopic (exact) mass is 887 g/mol. The normalized spacial score (nSPS) is 13.1. The molecule has 0 aromatic heterocycles. The molecule has 5 nitrogen and oxygen atoms in total. The minimum absolute atomic E-state index is 0.0391. The minimum Gasteiger partial charge on any atom is -0.462 e. The predicted molar refractivity (Wildman–Crippen MR) is 279 cm³/mol. The van der Waals surface area contributed by atoms with Gasteiger partial charge < -0.3 is 14.2 Å². The fraction of sp³-hybridized carbons (Fsp3) is 0.661. The molecule has 0 saturated carbocycles. The average Bonchev–Trinajstić information content (AvgIpc) is 3.30. The van der Waals surface area contributed by atoms with E-state index in [1.807, 2.05) is 0 Å². The maximum absolute atomic E-state index is 12.8. The third-order valence-electron chi connectivity index (χ3n) is 10.8. The average molecular weight is 887 g/mol. The summed E-state index contributed by atoms with van der Waals surface area (Å²) in [7, 11) is 0. The van der Waals surface area contributed by atoms with Crippen LogP contribution in [0.3, 0.4) is 0 Å². The first kappa shape index (κ1) is 60.6. The molecule has 0 N–H and O–H groups in total. The first-order valence-corrected chi connectivity index (χ1v) is 26.4. The van der Waals surface area contributed by atoms with Gasteiger partial charge in [-0.1, -0.05) is 207 Å². The van der Waals surface area contributed by atoms with Crippen molar-refractivity contribution >= 4 is 11.9 Å². The van der Waals surface area contributed by atoms with Crippen molar-refractivity contribution in [2.24, 2.45) is 0 Å². The Labute approximate surface area is 395 Å². The molecule has 5 heteroatoms. The van der Waals surface area contributed by atoms with Crippen molar-refractivity contribution in [2.75, 3.05) is 19.8 Å². The smallest absolute Gasteiger partial charge is 0.306 e. The quantitative estimate of drug-likeness (QED) is 0.0346. The van der Waals surface area contributed by atoms with Gasteiger partial charge in [0.15, 0.2) is 6.10 Å². The Hall–Kier alpha value is -3.44. The highest BCUT2D eigenvalue weighted by atomic mass is 16.6. The van der Waals surface area contributed by atoms with Gasteiger partial charge in [0, 0.05) is 19.4 Å². The number of unbranched alkanes of at least 4 members (excludes halogenated alkanes) is 18. The summed E-state index contributed by atoms with van der Waals surface area (Å²) in [5.74, 6) is -0.487. The molecule has 0 bridgehead atoms. The van der Waals surface area contributed by atoms with Gasteiger partial charge in [-0.2, -0.15) is 0 Å². The Morgan fingerprint density at radius 3 is 1.19 bits per heavy atom. The number of carbonyl (C=O) groups is 2. The van der Waals surface area contributed by atoms with Crippen LogP contribution < -0.4 is 0 Å². The lowest BCUT2D eigenvalue weighted by Gasteiger charge is -2.18. The molecule has 0 spiro atoms. The van der Waals surface area contributed by atoms with E-state index in [1.165, 1.54) is 83.5 Å². The van der Waals surface area contributed by atoms with Gasteiger partial charge in [-0.25, -0.2) is 0 Å². The topological polar surface area (TPSA) is 61.8 Å². The second-order valence-corrected chi connectivity index (χ2v) is 17.0. The summed E-state index contributed by atoms with van der Waals surface area (Å²) in [5, 5.41) is 0. The molecular formula is C59H98O5. The van der Waals surface area contributed by atoms with Crippen LogP contribution >= 0.6 is 0 Å². The van der Waals surface area contributed by atoms with E-state index >= 15 is 0 Å². The SMILES string of the molecule is CC/C=C\C/C=C\C/C=C\C/C=C\C/C=C\CCCC(=O)OCC(COCCCCCC/C=C\C/C=C\C/C=C\CC)OC(=O)CCCCCCCCC/C=C\CCCCCCCC. The van der Waals surface area contributed by atoms with Crippen LogP contribution in [0.2, 0.25) is 0 Å². The fourth-order valence-corrected chi connectivity index (χ4v) is 6.91. The summed E-state index contributed by atoms with van der Waals surface area (Å²) in [6.07, 6.45) is 73.9. The lowest BCUT2D eigenvalue weighted by atomic mass is 10.1. The Morgan fingerprint density at radius 2 is 0.719 bits per heavy atom. The first-order chi connectivity index (χ1) is 31.6. The van der Waals surface area contributed by atoms with E-state index < -0.39 is 6.10 Å². The van der Waals surface area contributed by atoms with E-state index in [2.05, 4.69) is 130 Å². The number of hydrogen-bond donors (Lipinski definition) is 0. The second kappa shape index (κ2) is 53.9. The van der Waals surface area contributed by atoms with E-state index in [0.29, 0.717) is 19.4 Å². The van der Waals surface area contributed by atoms with E-state index in [0.717, 1.165) is 109 Å². The van der Waals surface area contributed by atoms with Crippen LogP contribution in [0.4, 0.5) is 0 Å². The van der Waals surface area contributed by atoms with Crippen molar-refractivity contribution in [1.29, 1.82) is 0 Å². The van der Waals surface area contributed by atoms with Crippen molar-refractivity contribution in [3.05, 3.63) is 109 Å². The zero-order valence-corrected chi connectivity index (χ0v) is 41.8. The molecule has 0 aliphatic rings. The molecular weight excluding hydrogens is 789 g/mol. The van der Waals surface area contributed by atoms with Gasteiger partial charge in [0.1, 0.15) is 6.61 Å². The Balaban J connectivity index is 4.41. The molecule has 364 valence electrons. The highest BCUT2D eigenvalue weighted by molar-refractivity contribution is 5.70. The zero-order chi connectivity index (χ0) is 46.3. The molecule has 0 aliphatic heterocycles. The standard InChI is InChI=1S/C59H98O5/c1-4-7-10-13-16-19-22-25-28-30-32-34-37-40-43-46-49-52-58(60)63-56-57(55-62-54-51-48-45-42-39-36-27-24-21-18-15-12-9-6-3)64-59(61)53-50-47-44-41-38-35-33-31-29-26-23-20-17-14-11-8-5-2/h7,9-10,12,16,18-19,21,25-29,32,34,36,40,43,57H,4-6,8,11,13-15,17,20,22-24,30-31,33,35,37-39,41-42,44-56H2,1-3H3/b10-7-,12-9-,19-16-,21-18-,28-25-,29-26-,34-32-,36-27-,43-40-. The number of hydrogen-bond acceptors (Lipinski definition) is 5. The molecule has 0 rings (SSSR count). The number of allylic oxidation sites excluding steroid dienone is 18. The molecule has 0 radical (unpaired) electrons. The first-order valence-electron chi connectivity index (χ1n) is 26.4. The van der Waals surface area contributed by atoms with Gasteiger partial charge in [0.25, 0.3) is 0 Å². The maximum atomic E-state index is 12.8. The summed E-state index contributed by atoms with van der Waals surface area (Å²) in [5.41, 5.74) is 0. The second-order valence-electron chi connectivity index (χ2n) is 17.0. The number of ether oxygens (including phenoxy) is 3. The van der Waals surface area contributed by atoms with Gasteiger partial charge in [-0.15, -0.1) is 0 Å². The largest absolute Gasteiger partial charge is 0.462 e. The highest BCUT2D eigenvalue weighted by Crippen LogP contribution is 2.13. The molecule has 1 unspecified atom stereocenters. The molecule has 0 heterocycles. The van der Waals surface area contributed by atoms with Crippen LogP contribution in [0.25, 0.3) is 0 Å². The summed E-state index contributed by atoms with van der Waals surface area (Å²) >= 11 is 0. The number of esters is 2. The summed E-state index contributed by atoms with van der Waals surface area (Å²) in [4.78, 5) is 25.4. The van der Waals surface area contributed by atoms with Gasteiger partial charge in [-0.3, -0.25) is 9.59 Å². The van der Waals surface area contributed by atoms with Gasteiger partial charge >= 0.3 is 11.9 Å². The molecule has 0 aromatic carbocycles. The van der Waals surface area contributed by atoms with E-state index in [4.69, 9.17) is 14.2 Å². The van der Waals surface area contributed by atoms with Crippen LogP contribution in [0.15, 0.2) is 109 Å². The Bertz CT molecular complexity index is 1280. The van der Waals surface area contributed by atoms with Crippen LogP contribution in [0.1, 0.15) is 226 Å². The molecule has 0 fully saturated rings. The molecule has 0 amide bonds. The van der Waals surface area contributed by atoms with Crippen molar-refractivity contribution in [2.45, 2.75) is 232 Å². The van der Waals surface area contributed by atoms with Crippen molar-refractivity contribution < 1.29 is 23.8 Å². The van der Waals surface area contributed by atoms with Gasteiger partial charge in [0.2, 0.25) is 0 Å². The third-order valence-corrected chi connectivity index (χ3v) is 10.8. The number of carbonyl (C=O) groups excluding carboxylic acids is 2. The predicted octanol–water partition coefficient (Wildman–Crippen LogP) is 18.0.